The third-order valence-corrected chi connectivity index (χ3v) is 4.60. The summed E-state index contributed by atoms with van der Waals surface area (Å²) >= 11 is 9.27. The second kappa shape index (κ2) is 7.19. The Morgan fingerprint density at radius 1 is 1.30 bits per heavy atom. The lowest BCUT2D eigenvalue weighted by Crippen LogP contribution is -2.39. The first-order chi connectivity index (χ1) is 11.1. The predicted octanol–water partition coefficient (Wildman–Crippen LogP) is 3.90. The van der Waals surface area contributed by atoms with E-state index in [1.54, 1.807) is 6.20 Å². The van der Waals surface area contributed by atoms with Gasteiger partial charge in [0.05, 0.1) is 10.7 Å². The summed E-state index contributed by atoms with van der Waals surface area (Å²) in [5.41, 5.74) is 0.749. The van der Waals surface area contributed by atoms with Gasteiger partial charge in [0.25, 0.3) is 0 Å². The predicted molar refractivity (Wildman–Crippen MR) is 96.2 cm³/mol. The number of amides is 2. The molecule has 1 aromatic heterocycles. The van der Waals surface area contributed by atoms with Crippen LogP contribution in [-0.4, -0.2) is 30.1 Å². The van der Waals surface area contributed by atoms with Gasteiger partial charge in [-0.05, 0) is 46.6 Å². The standard InChI is InChI=1S/C16H16BrClN4O/c17-13-3-1-2-4-14(13)21-16(23)20-12-7-8-22(10-12)15-6-5-11(18)9-19-15/h1-6,9,12H,7-8,10H2,(H2,20,21,23)/t12-/m1/s1. The fourth-order valence-corrected chi connectivity index (χ4v) is 3.04. The minimum Gasteiger partial charge on any atom is -0.354 e. The molecule has 1 aliphatic rings. The molecule has 120 valence electrons. The highest BCUT2D eigenvalue weighted by atomic mass is 79.9. The van der Waals surface area contributed by atoms with Gasteiger partial charge in [0.15, 0.2) is 0 Å². The summed E-state index contributed by atoms with van der Waals surface area (Å²) in [6, 6.07) is 11.1. The number of hydrogen-bond donors (Lipinski definition) is 2. The van der Waals surface area contributed by atoms with Gasteiger partial charge in [0.1, 0.15) is 5.82 Å². The Morgan fingerprint density at radius 2 is 2.13 bits per heavy atom. The van der Waals surface area contributed by atoms with Crippen LogP contribution in [-0.2, 0) is 0 Å². The first-order valence-corrected chi connectivity index (χ1v) is 8.47. The van der Waals surface area contributed by atoms with Crippen LogP contribution < -0.4 is 15.5 Å². The molecule has 0 spiro atoms. The van der Waals surface area contributed by atoms with Gasteiger partial charge >= 0.3 is 6.03 Å². The van der Waals surface area contributed by atoms with Gasteiger partial charge < -0.3 is 15.5 Å². The first-order valence-electron chi connectivity index (χ1n) is 7.30. The van der Waals surface area contributed by atoms with Crippen LogP contribution in [0.25, 0.3) is 0 Å². The molecule has 0 saturated carbocycles. The number of rotatable bonds is 3. The fourth-order valence-electron chi connectivity index (χ4n) is 2.55. The van der Waals surface area contributed by atoms with Crippen LogP contribution in [0.15, 0.2) is 47.1 Å². The minimum atomic E-state index is -0.201. The molecule has 1 aromatic carbocycles. The summed E-state index contributed by atoms with van der Waals surface area (Å²) in [5.74, 6) is 0.880. The van der Waals surface area contributed by atoms with Crippen molar-refractivity contribution in [3.05, 3.63) is 52.1 Å². The second-order valence-corrected chi connectivity index (χ2v) is 6.64. The van der Waals surface area contributed by atoms with E-state index in [4.69, 9.17) is 11.6 Å². The number of carbonyl (C=O) groups is 1. The Balaban J connectivity index is 1.54. The number of para-hydroxylation sites is 1. The summed E-state index contributed by atoms with van der Waals surface area (Å²) < 4.78 is 0.855. The minimum absolute atomic E-state index is 0.0926. The molecule has 1 fully saturated rings. The molecule has 0 unspecified atom stereocenters. The molecule has 2 N–H and O–H groups in total. The van der Waals surface area contributed by atoms with E-state index < -0.39 is 0 Å². The van der Waals surface area contributed by atoms with E-state index in [-0.39, 0.29) is 12.1 Å². The van der Waals surface area contributed by atoms with Gasteiger partial charge in [-0.2, -0.15) is 0 Å². The van der Waals surface area contributed by atoms with E-state index in [1.165, 1.54) is 0 Å². The summed E-state index contributed by atoms with van der Waals surface area (Å²) in [6.45, 7) is 1.59. The van der Waals surface area contributed by atoms with Gasteiger partial charge in [-0.15, -0.1) is 0 Å². The van der Waals surface area contributed by atoms with Crippen LogP contribution in [0.1, 0.15) is 6.42 Å². The average molecular weight is 396 g/mol. The van der Waals surface area contributed by atoms with Gasteiger partial charge in [-0.1, -0.05) is 23.7 Å². The molecule has 3 rings (SSSR count). The Bertz CT molecular complexity index is 695. The van der Waals surface area contributed by atoms with Crippen molar-refractivity contribution in [2.24, 2.45) is 0 Å². The Kier molecular flexibility index (Phi) is 5.03. The quantitative estimate of drug-likeness (QED) is 0.829. The number of halogens is 2. The molecule has 5 nitrogen and oxygen atoms in total. The average Bonchev–Trinajstić information content (AvgIpc) is 2.98. The zero-order valence-corrected chi connectivity index (χ0v) is 14.6. The molecule has 1 aliphatic heterocycles. The van der Waals surface area contributed by atoms with Crippen LogP contribution in [0.2, 0.25) is 5.02 Å². The molecule has 0 radical (unpaired) electrons. The fraction of sp³-hybridized carbons (Fsp3) is 0.250. The van der Waals surface area contributed by atoms with Gasteiger partial charge in [0.2, 0.25) is 0 Å². The molecular formula is C16H16BrClN4O. The van der Waals surface area contributed by atoms with Gasteiger partial charge in [-0.3, -0.25) is 0 Å². The SMILES string of the molecule is O=C(Nc1ccccc1Br)N[C@@H]1CCN(c2ccc(Cl)cn2)C1. The summed E-state index contributed by atoms with van der Waals surface area (Å²) in [5, 5.41) is 6.47. The van der Waals surface area contributed by atoms with E-state index in [0.717, 1.165) is 35.5 Å². The number of hydrogen-bond acceptors (Lipinski definition) is 3. The third kappa shape index (κ3) is 4.14. The van der Waals surface area contributed by atoms with Crippen LogP contribution in [0.5, 0.6) is 0 Å². The summed E-state index contributed by atoms with van der Waals surface area (Å²) in [4.78, 5) is 18.6. The van der Waals surface area contributed by atoms with E-state index in [2.05, 4.69) is 36.4 Å². The van der Waals surface area contributed by atoms with Crippen molar-refractivity contribution in [3.8, 4) is 0 Å². The van der Waals surface area contributed by atoms with Crippen LogP contribution in [0, 0.1) is 0 Å². The Hall–Kier alpha value is -1.79. The second-order valence-electron chi connectivity index (χ2n) is 5.34. The number of benzene rings is 1. The van der Waals surface area contributed by atoms with E-state index in [1.807, 2.05) is 36.4 Å². The Morgan fingerprint density at radius 3 is 2.87 bits per heavy atom. The lowest BCUT2D eigenvalue weighted by Gasteiger charge is -2.18. The molecular weight excluding hydrogens is 380 g/mol. The summed E-state index contributed by atoms with van der Waals surface area (Å²) in [7, 11) is 0. The number of nitrogens with zero attached hydrogens (tertiary/aromatic N) is 2. The van der Waals surface area contributed by atoms with E-state index in [9.17, 15) is 4.79 Å². The first kappa shape index (κ1) is 16.1. The number of anilines is 2. The third-order valence-electron chi connectivity index (χ3n) is 3.68. The lowest BCUT2D eigenvalue weighted by atomic mass is 10.3. The number of nitrogens with one attached hydrogen (secondary N) is 2. The lowest BCUT2D eigenvalue weighted by molar-refractivity contribution is 0.249. The normalized spacial score (nSPS) is 17.1. The van der Waals surface area contributed by atoms with Crippen molar-refractivity contribution >= 4 is 45.1 Å². The van der Waals surface area contributed by atoms with Crippen molar-refractivity contribution in [3.63, 3.8) is 0 Å². The van der Waals surface area contributed by atoms with Crippen LogP contribution in [0.3, 0.4) is 0 Å². The number of urea groups is 1. The molecule has 1 saturated heterocycles. The van der Waals surface area contributed by atoms with Crippen molar-refractivity contribution in [2.45, 2.75) is 12.5 Å². The maximum atomic E-state index is 12.1. The van der Waals surface area contributed by atoms with Crippen molar-refractivity contribution in [1.29, 1.82) is 0 Å². The maximum absolute atomic E-state index is 12.1. The monoisotopic (exact) mass is 394 g/mol. The Labute approximate surface area is 148 Å². The smallest absolute Gasteiger partial charge is 0.319 e. The summed E-state index contributed by atoms with van der Waals surface area (Å²) in [6.07, 6.45) is 2.52. The highest BCUT2D eigenvalue weighted by Gasteiger charge is 2.24. The van der Waals surface area contributed by atoms with Crippen LogP contribution in [0.4, 0.5) is 16.3 Å². The highest BCUT2D eigenvalue weighted by Crippen LogP contribution is 2.22. The van der Waals surface area contributed by atoms with Crippen molar-refractivity contribution in [1.82, 2.24) is 10.3 Å². The van der Waals surface area contributed by atoms with E-state index in [0.29, 0.717) is 5.02 Å². The number of pyridine rings is 1. The number of carbonyl (C=O) groups excluding carboxylic acids is 1. The number of aromatic nitrogens is 1. The highest BCUT2D eigenvalue weighted by molar-refractivity contribution is 9.10. The van der Waals surface area contributed by atoms with Crippen molar-refractivity contribution < 1.29 is 4.79 Å². The topological polar surface area (TPSA) is 57.3 Å². The largest absolute Gasteiger partial charge is 0.354 e. The molecule has 23 heavy (non-hydrogen) atoms. The molecule has 0 aliphatic carbocycles. The van der Waals surface area contributed by atoms with Crippen molar-refractivity contribution in [2.75, 3.05) is 23.3 Å². The zero-order valence-electron chi connectivity index (χ0n) is 12.3. The van der Waals surface area contributed by atoms with Gasteiger partial charge in [-0.25, -0.2) is 9.78 Å². The van der Waals surface area contributed by atoms with Crippen LogP contribution >= 0.6 is 27.5 Å². The van der Waals surface area contributed by atoms with Gasteiger partial charge in [0, 0.05) is 29.8 Å². The van der Waals surface area contributed by atoms with E-state index >= 15 is 0 Å². The molecule has 2 amide bonds. The molecule has 1 atom stereocenters. The maximum Gasteiger partial charge on any atom is 0.319 e. The zero-order chi connectivity index (χ0) is 16.2. The molecule has 2 aromatic rings. The molecule has 2 heterocycles. The molecule has 0 bridgehead atoms. The molecule has 7 heteroatoms.